The Morgan fingerprint density at radius 3 is 2.43 bits per heavy atom. The molecular formula is C24H17BrN2S. The van der Waals surface area contributed by atoms with Gasteiger partial charge in [-0.25, -0.2) is 0 Å². The molecule has 136 valence electrons. The van der Waals surface area contributed by atoms with Crippen LogP contribution in [-0.2, 0) is 6.42 Å². The van der Waals surface area contributed by atoms with Gasteiger partial charge in [-0.3, -0.25) is 0 Å². The van der Waals surface area contributed by atoms with Crippen LogP contribution in [0.5, 0.6) is 0 Å². The molecule has 1 aliphatic rings. The molecule has 0 fully saturated rings. The number of benzene rings is 4. The lowest BCUT2D eigenvalue weighted by Gasteiger charge is -2.13. The Balaban J connectivity index is 1.36. The predicted octanol–water partition coefficient (Wildman–Crippen LogP) is 6.98. The molecule has 0 radical (unpaired) electrons. The Morgan fingerprint density at radius 2 is 1.54 bits per heavy atom. The molecule has 2 nitrogen and oxygen atoms in total. The molecule has 4 aromatic carbocycles. The number of anilines is 2. The Kier molecular flexibility index (Phi) is 4.38. The SMILES string of the molecule is S=C(Nc1ccc2c(c1)Cc1cc(Br)ccc1-2)Nc1cccc2ccccc12. The molecule has 0 spiro atoms. The van der Waals surface area contributed by atoms with Crippen molar-refractivity contribution in [2.24, 2.45) is 0 Å². The number of hydrogen-bond acceptors (Lipinski definition) is 1. The third-order valence-corrected chi connectivity index (χ3v) is 5.84. The number of rotatable bonds is 2. The fraction of sp³-hybridized carbons (Fsp3) is 0.0417. The molecule has 4 aromatic rings. The van der Waals surface area contributed by atoms with Crippen molar-refractivity contribution < 1.29 is 0 Å². The summed E-state index contributed by atoms with van der Waals surface area (Å²) in [6.45, 7) is 0. The maximum absolute atomic E-state index is 5.57. The molecule has 2 N–H and O–H groups in total. The van der Waals surface area contributed by atoms with Crippen LogP contribution in [0.25, 0.3) is 21.9 Å². The number of hydrogen-bond donors (Lipinski definition) is 2. The van der Waals surface area contributed by atoms with Crippen LogP contribution in [0.2, 0.25) is 0 Å². The lowest BCUT2D eigenvalue weighted by molar-refractivity contribution is 1.26. The molecule has 0 unspecified atom stereocenters. The number of halogens is 1. The normalized spacial score (nSPS) is 11.8. The van der Waals surface area contributed by atoms with Crippen molar-refractivity contribution in [3.63, 3.8) is 0 Å². The summed E-state index contributed by atoms with van der Waals surface area (Å²) in [6.07, 6.45) is 0.948. The fourth-order valence-corrected chi connectivity index (χ4v) is 4.51. The number of fused-ring (bicyclic) bond motifs is 4. The molecule has 0 saturated heterocycles. The summed E-state index contributed by atoms with van der Waals surface area (Å²) in [4.78, 5) is 0. The van der Waals surface area contributed by atoms with Gasteiger partial charge >= 0.3 is 0 Å². The Hall–Kier alpha value is -2.69. The number of thiocarbonyl (C=S) groups is 1. The van der Waals surface area contributed by atoms with Gasteiger partial charge in [0.05, 0.1) is 0 Å². The summed E-state index contributed by atoms with van der Waals surface area (Å²) in [7, 11) is 0. The van der Waals surface area contributed by atoms with Crippen LogP contribution in [-0.4, -0.2) is 5.11 Å². The second kappa shape index (κ2) is 7.04. The molecule has 0 heterocycles. The van der Waals surface area contributed by atoms with E-state index in [2.05, 4.69) is 81.2 Å². The van der Waals surface area contributed by atoms with Gasteiger partial charge in [-0.2, -0.15) is 0 Å². The predicted molar refractivity (Wildman–Crippen MR) is 126 cm³/mol. The van der Waals surface area contributed by atoms with E-state index in [0.717, 1.165) is 27.7 Å². The van der Waals surface area contributed by atoms with Crippen molar-refractivity contribution in [1.82, 2.24) is 0 Å². The molecule has 1 aliphatic carbocycles. The van der Waals surface area contributed by atoms with E-state index in [1.54, 1.807) is 0 Å². The van der Waals surface area contributed by atoms with Crippen molar-refractivity contribution in [2.75, 3.05) is 10.6 Å². The van der Waals surface area contributed by atoms with Crippen LogP contribution in [0, 0.1) is 0 Å². The maximum Gasteiger partial charge on any atom is 0.175 e. The van der Waals surface area contributed by atoms with Gasteiger partial charge < -0.3 is 10.6 Å². The van der Waals surface area contributed by atoms with E-state index < -0.39 is 0 Å². The minimum absolute atomic E-state index is 0.592. The highest BCUT2D eigenvalue weighted by molar-refractivity contribution is 9.10. The van der Waals surface area contributed by atoms with Crippen molar-refractivity contribution in [2.45, 2.75) is 6.42 Å². The van der Waals surface area contributed by atoms with Gasteiger partial charge in [0.25, 0.3) is 0 Å². The Labute approximate surface area is 177 Å². The third kappa shape index (κ3) is 3.19. The lowest BCUT2D eigenvalue weighted by Crippen LogP contribution is -2.19. The van der Waals surface area contributed by atoms with Crippen LogP contribution >= 0.6 is 28.1 Å². The highest BCUT2D eigenvalue weighted by Gasteiger charge is 2.18. The van der Waals surface area contributed by atoms with Gasteiger partial charge in [-0.05, 0) is 76.6 Å². The monoisotopic (exact) mass is 444 g/mol. The standard InChI is InChI=1S/C24H17BrN2S/c25-18-8-10-20-16(13-18)12-17-14-19(9-11-21(17)20)26-24(28)27-23-7-3-5-15-4-1-2-6-22(15)23/h1-11,13-14H,12H2,(H2,26,27,28). The molecular weight excluding hydrogens is 428 g/mol. The molecule has 0 aliphatic heterocycles. The van der Waals surface area contributed by atoms with Gasteiger partial charge in [0.1, 0.15) is 0 Å². The molecule has 0 atom stereocenters. The van der Waals surface area contributed by atoms with E-state index in [1.165, 1.54) is 27.6 Å². The van der Waals surface area contributed by atoms with E-state index in [9.17, 15) is 0 Å². The average Bonchev–Trinajstić information content (AvgIpc) is 3.04. The van der Waals surface area contributed by atoms with Gasteiger partial charge in [0.15, 0.2) is 5.11 Å². The summed E-state index contributed by atoms with van der Waals surface area (Å²) < 4.78 is 1.12. The molecule has 0 amide bonds. The molecule has 0 bridgehead atoms. The minimum atomic E-state index is 0.592. The largest absolute Gasteiger partial charge is 0.332 e. The molecule has 5 rings (SSSR count). The minimum Gasteiger partial charge on any atom is -0.332 e. The van der Waals surface area contributed by atoms with Crippen LogP contribution in [0.3, 0.4) is 0 Å². The summed E-state index contributed by atoms with van der Waals surface area (Å²) in [5.41, 5.74) is 7.32. The van der Waals surface area contributed by atoms with E-state index >= 15 is 0 Å². The van der Waals surface area contributed by atoms with E-state index in [4.69, 9.17) is 12.2 Å². The summed E-state index contributed by atoms with van der Waals surface area (Å²) in [6, 6.07) is 27.4. The first-order valence-corrected chi connectivity index (χ1v) is 10.3. The summed E-state index contributed by atoms with van der Waals surface area (Å²) in [5.74, 6) is 0. The second-order valence-corrected chi connectivity index (χ2v) is 8.28. The highest BCUT2D eigenvalue weighted by atomic mass is 79.9. The van der Waals surface area contributed by atoms with Crippen molar-refractivity contribution >= 4 is 55.4 Å². The maximum atomic E-state index is 5.57. The first-order chi connectivity index (χ1) is 13.7. The lowest BCUT2D eigenvalue weighted by atomic mass is 10.1. The van der Waals surface area contributed by atoms with E-state index in [0.29, 0.717) is 5.11 Å². The van der Waals surface area contributed by atoms with E-state index in [-0.39, 0.29) is 0 Å². The number of nitrogens with one attached hydrogen (secondary N) is 2. The summed E-state index contributed by atoms with van der Waals surface area (Å²) in [5, 5.41) is 9.61. The fourth-order valence-electron chi connectivity index (χ4n) is 3.88. The first kappa shape index (κ1) is 17.4. The molecule has 4 heteroatoms. The van der Waals surface area contributed by atoms with Gasteiger partial charge in [0, 0.05) is 21.2 Å². The zero-order valence-corrected chi connectivity index (χ0v) is 17.4. The van der Waals surface area contributed by atoms with Crippen LogP contribution < -0.4 is 10.6 Å². The molecule has 0 saturated carbocycles. The van der Waals surface area contributed by atoms with Crippen molar-refractivity contribution in [1.29, 1.82) is 0 Å². The van der Waals surface area contributed by atoms with Crippen molar-refractivity contribution in [3.8, 4) is 11.1 Å². The molecule has 0 aromatic heterocycles. The van der Waals surface area contributed by atoms with Gasteiger partial charge in [-0.1, -0.05) is 64.5 Å². The smallest absolute Gasteiger partial charge is 0.175 e. The third-order valence-electron chi connectivity index (χ3n) is 5.14. The molecule has 28 heavy (non-hydrogen) atoms. The zero-order valence-electron chi connectivity index (χ0n) is 15.0. The average molecular weight is 445 g/mol. The van der Waals surface area contributed by atoms with Gasteiger partial charge in [0.2, 0.25) is 0 Å². The van der Waals surface area contributed by atoms with Crippen LogP contribution in [0.4, 0.5) is 11.4 Å². The van der Waals surface area contributed by atoms with E-state index in [1.807, 2.05) is 24.3 Å². The van der Waals surface area contributed by atoms with Gasteiger partial charge in [-0.15, -0.1) is 0 Å². The highest BCUT2D eigenvalue weighted by Crippen LogP contribution is 2.39. The Bertz CT molecular complexity index is 1230. The first-order valence-electron chi connectivity index (χ1n) is 9.15. The van der Waals surface area contributed by atoms with Crippen molar-refractivity contribution in [3.05, 3.63) is 94.5 Å². The van der Waals surface area contributed by atoms with Crippen LogP contribution in [0.1, 0.15) is 11.1 Å². The topological polar surface area (TPSA) is 24.1 Å². The quantitative estimate of drug-likeness (QED) is 0.287. The zero-order chi connectivity index (χ0) is 19.1. The van der Waals surface area contributed by atoms with Crippen LogP contribution in [0.15, 0.2) is 83.3 Å². The summed E-state index contributed by atoms with van der Waals surface area (Å²) >= 11 is 9.13. The second-order valence-electron chi connectivity index (χ2n) is 6.96. The Morgan fingerprint density at radius 1 is 0.786 bits per heavy atom.